The molecular weight excluding hydrogens is 436 g/mol. The van der Waals surface area contributed by atoms with E-state index < -0.39 is 22.0 Å². The highest BCUT2D eigenvalue weighted by molar-refractivity contribution is 7.91. The number of hydrogen-bond acceptors (Lipinski definition) is 5. The van der Waals surface area contributed by atoms with Gasteiger partial charge in [0, 0.05) is 28.4 Å². The van der Waals surface area contributed by atoms with Crippen LogP contribution in [-0.4, -0.2) is 35.6 Å². The van der Waals surface area contributed by atoms with Crippen LogP contribution in [0.1, 0.15) is 11.1 Å². The Labute approximate surface area is 183 Å². The van der Waals surface area contributed by atoms with Gasteiger partial charge in [-0.1, -0.05) is 42.5 Å². The Morgan fingerprint density at radius 3 is 2.52 bits per heavy atom. The average Bonchev–Trinajstić information content (AvgIpc) is 3.42. The van der Waals surface area contributed by atoms with Gasteiger partial charge in [-0.2, -0.15) is 4.72 Å². The first kappa shape index (κ1) is 21.3. The lowest BCUT2D eigenvalue weighted by Gasteiger charge is -2.13. The average molecular weight is 457 g/mol. The van der Waals surface area contributed by atoms with Crippen LogP contribution < -0.4 is 4.72 Å². The van der Waals surface area contributed by atoms with Crippen molar-refractivity contribution in [3.8, 4) is 10.4 Å². The highest BCUT2D eigenvalue weighted by Crippen LogP contribution is 2.31. The van der Waals surface area contributed by atoms with Crippen LogP contribution >= 0.6 is 11.3 Å². The zero-order valence-corrected chi connectivity index (χ0v) is 17.9. The number of aliphatic carboxylic acids is 1. The molecule has 4 N–H and O–H groups in total. The molecule has 9 heteroatoms. The fourth-order valence-electron chi connectivity index (χ4n) is 3.34. The number of nitrogens with one attached hydrogen (secondary N) is 2. The third kappa shape index (κ3) is 4.54. The van der Waals surface area contributed by atoms with E-state index in [1.165, 1.54) is 6.07 Å². The van der Waals surface area contributed by atoms with Crippen molar-refractivity contribution >= 4 is 38.2 Å². The van der Waals surface area contributed by atoms with Crippen LogP contribution in [0.5, 0.6) is 0 Å². The molecule has 31 heavy (non-hydrogen) atoms. The largest absolute Gasteiger partial charge is 0.480 e. The summed E-state index contributed by atoms with van der Waals surface area (Å²) in [7, 11) is -4.02. The third-order valence-corrected chi connectivity index (χ3v) is 8.06. The molecule has 0 fully saturated rings. The Balaban J connectivity index is 1.56. The number of benzene rings is 2. The fourth-order valence-corrected chi connectivity index (χ4v) is 5.86. The molecule has 160 valence electrons. The van der Waals surface area contributed by atoms with Gasteiger partial charge >= 0.3 is 5.97 Å². The fraction of sp³-hybridized carbons (Fsp3) is 0.136. The number of hydrogen-bond donors (Lipinski definition) is 4. The van der Waals surface area contributed by atoms with Gasteiger partial charge in [-0.15, -0.1) is 11.3 Å². The second-order valence-electron chi connectivity index (χ2n) is 7.05. The molecule has 2 heterocycles. The number of aromatic amines is 1. The molecular formula is C22H20N2O5S2. The molecule has 2 aromatic carbocycles. The van der Waals surface area contributed by atoms with Crippen molar-refractivity contribution in [2.75, 3.05) is 0 Å². The van der Waals surface area contributed by atoms with Crippen molar-refractivity contribution in [3.05, 3.63) is 78.0 Å². The first-order valence-electron chi connectivity index (χ1n) is 9.47. The van der Waals surface area contributed by atoms with Crippen molar-refractivity contribution in [2.45, 2.75) is 23.3 Å². The first-order valence-corrected chi connectivity index (χ1v) is 11.8. The monoisotopic (exact) mass is 456 g/mol. The van der Waals surface area contributed by atoms with Crippen LogP contribution in [0, 0.1) is 0 Å². The summed E-state index contributed by atoms with van der Waals surface area (Å²) in [6.07, 6.45) is 1.72. The zero-order valence-electron chi connectivity index (χ0n) is 16.3. The summed E-state index contributed by atoms with van der Waals surface area (Å²) in [4.78, 5) is 15.6. The van der Waals surface area contributed by atoms with E-state index in [0.29, 0.717) is 0 Å². The number of carboxylic acids is 1. The summed E-state index contributed by atoms with van der Waals surface area (Å²) in [6.45, 7) is -0.0682. The number of para-hydroxylation sites is 1. The summed E-state index contributed by atoms with van der Waals surface area (Å²) < 4.78 is 28.1. The van der Waals surface area contributed by atoms with E-state index >= 15 is 0 Å². The van der Waals surface area contributed by atoms with Gasteiger partial charge in [0.1, 0.15) is 10.3 Å². The van der Waals surface area contributed by atoms with Crippen LogP contribution in [0.2, 0.25) is 0 Å². The van der Waals surface area contributed by atoms with Gasteiger partial charge in [-0.3, -0.25) is 4.79 Å². The van der Waals surface area contributed by atoms with E-state index in [-0.39, 0.29) is 17.2 Å². The second-order valence-corrected chi connectivity index (χ2v) is 10.1. The van der Waals surface area contributed by atoms with E-state index in [1.54, 1.807) is 36.5 Å². The number of thiophene rings is 1. The van der Waals surface area contributed by atoms with E-state index in [9.17, 15) is 18.3 Å². The highest BCUT2D eigenvalue weighted by Gasteiger charge is 2.27. The lowest BCUT2D eigenvalue weighted by atomic mass is 10.1. The van der Waals surface area contributed by atoms with Crippen molar-refractivity contribution < 1.29 is 23.4 Å². The standard InChI is InChI=1S/C22H20N2O5S2/c25-13-14-5-7-15(8-6-14)20-9-10-21(30-20)31(28,29)24-19(22(26)27)11-16-12-23-18-4-2-1-3-17(16)18/h1-10,12,19,23-25H,11,13H2,(H,26,27)/t19-/m1/s1. The Hall–Kier alpha value is -2.98. The molecule has 0 aliphatic heterocycles. The zero-order chi connectivity index (χ0) is 22.0. The third-order valence-electron chi connectivity index (χ3n) is 4.96. The SMILES string of the molecule is O=C(O)[C@@H](Cc1c[nH]c2ccccc12)NS(=O)(=O)c1ccc(-c2ccc(CO)cc2)s1. The van der Waals surface area contributed by atoms with E-state index in [4.69, 9.17) is 5.11 Å². The molecule has 0 spiro atoms. The Morgan fingerprint density at radius 1 is 1.06 bits per heavy atom. The molecule has 0 aliphatic carbocycles. The maximum Gasteiger partial charge on any atom is 0.322 e. The van der Waals surface area contributed by atoms with Gasteiger partial charge in [0.05, 0.1) is 6.61 Å². The number of rotatable bonds is 8. The van der Waals surface area contributed by atoms with Gasteiger partial charge in [-0.25, -0.2) is 8.42 Å². The molecule has 0 saturated heterocycles. The van der Waals surface area contributed by atoms with Gasteiger partial charge in [0.25, 0.3) is 10.0 Å². The number of sulfonamides is 1. The molecule has 2 aromatic heterocycles. The number of aliphatic hydroxyl groups excluding tert-OH is 1. The van der Waals surface area contributed by atoms with Crippen LogP contribution in [0.4, 0.5) is 0 Å². The van der Waals surface area contributed by atoms with Crippen molar-refractivity contribution in [1.82, 2.24) is 9.71 Å². The summed E-state index contributed by atoms with van der Waals surface area (Å²) in [6, 6.07) is 16.4. The minimum atomic E-state index is -4.02. The Morgan fingerprint density at radius 2 is 1.81 bits per heavy atom. The molecule has 4 rings (SSSR count). The number of fused-ring (bicyclic) bond motifs is 1. The Kier molecular flexibility index (Phi) is 5.92. The first-order chi connectivity index (χ1) is 14.9. The molecule has 0 bridgehead atoms. The summed E-state index contributed by atoms with van der Waals surface area (Å²) in [5.74, 6) is -1.25. The maximum atomic E-state index is 12.9. The van der Waals surface area contributed by atoms with E-state index in [0.717, 1.165) is 43.8 Å². The summed E-state index contributed by atoms with van der Waals surface area (Å²) in [5, 5.41) is 19.6. The number of aliphatic hydroxyl groups is 1. The molecule has 0 saturated carbocycles. The van der Waals surface area contributed by atoms with Crippen LogP contribution in [0.25, 0.3) is 21.3 Å². The Bertz CT molecular complexity index is 1320. The highest BCUT2D eigenvalue weighted by atomic mass is 32.2. The van der Waals surface area contributed by atoms with Crippen LogP contribution in [-0.2, 0) is 27.8 Å². The number of H-pyrrole nitrogens is 1. The molecule has 1 atom stereocenters. The minimum Gasteiger partial charge on any atom is -0.480 e. The topological polar surface area (TPSA) is 119 Å². The predicted octanol–water partition coefficient (Wildman–Crippen LogP) is 3.36. The van der Waals surface area contributed by atoms with Crippen molar-refractivity contribution in [3.63, 3.8) is 0 Å². The van der Waals surface area contributed by atoms with E-state index in [2.05, 4.69) is 9.71 Å². The van der Waals surface area contributed by atoms with Crippen LogP contribution in [0.15, 0.2) is 71.1 Å². The maximum absolute atomic E-state index is 12.9. The summed E-state index contributed by atoms with van der Waals surface area (Å²) in [5.41, 5.74) is 3.16. The van der Waals surface area contributed by atoms with Gasteiger partial charge in [-0.05, 0) is 34.9 Å². The lowest BCUT2D eigenvalue weighted by Crippen LogP contribution is -2.41. The molecule has 0 aliphatic rings. The summed E-state index contributed by atoms with van der Waals surface area (Å²) >= 11 is 1.06. The normalized spacial score (nSPS) is 12.8. The molecule has 0 unspecified atom stereocenters. The van der Waals surface area contributed by atoms with Crippen molar-refractivity contribution in [1.29, 1.82) is 0 Å². The lowest BCUT2D eigenvalue weighted by molar-refractivity contribution is -0.138. The quantitative estimate of drug-likeness (QED) is 0.324. The molecule has 4 aromatic rings. The number of aromatic nitrogens is 1. The second kappa shape index (κ2) is 8.64. The van der Waals surface area contributed by atoms with Gasteiger partial charge in [0.2, 0.25) is 0 Å². The molecule has 7 nitrogen and oxygen atoms in total. The number of carboxylic acid groups (broad SMARTS) is 1. The van der Waals surface area contributed by atoms with E-state index in [1.807, 2.05) is 24.3 Å². The van der Waals surface area contributed by atoms with Crippen molar-refractivity contribution in [2.24, 2.45) is 0 Å². The minimum absolute atomic E-state index is 0.0133. The molecule has 0 radical (unpaired) electrons. The van der Waals surface area contributed by atoms with Gasteiger partial charge in [0.15, 0.2) is 0 Å². The predicted molar refractivity (Wildman–Crippen MR) is 119 cm³/mol. The smallest absolute Gasteiger partial charge is 0.322 e. The van der Waals surface area contributed by atoms with Gasteiger partial charge < -0.3 is 15.2 Å². The molecule has 0 amide bonds. The number of carbonyl (C=O) groups is 1. The van der Waals surface area contributed by atoms with Crippen LogP contribution in [0.3, 0.4) is 0 Å².